The van der Waals surface area contributed by atoms with E-state index in [9.17, 15) is 18.8 Å². The van der Waals surface area contributed by atoms with Gasteiger partial charge in [0.25, 0.3) is 11.1 Å². The molecule has 0 spiro atoms. The van der Waals surface area contributed by atoms with Gasteiger partial charge in [0.05, 0.1) is 16.5 Å². The Hall–Kier alpha value is -2.65. The molecular weight excluding hydrogens is 477 g/mol. The minimum atomic E-state index is -1.01. The van der Waals surface area contributed by atoms with Crippen molar-refractivity contribution in [2.24, 2.45) is 0 Å². The van der Waals surface area contributed by atoms with Crippen molar-refractivity contribution in [3.8, 4) is 5.75 Å². The summed E-state index contributed by atoms with van der Waals surface area (Å²) in [5.74, 6) is -1.07. The van der Waals surface area contributed by atoms with Gasteiger partial charge in [-0.1, -0.05) is 24.3 Å². The van der Waals surface area contributed by atoms with Crippen LogP contribution < -0.4 is 4.74 Å². The Morgan fingerprint density at radius 1 is 1.27 bits per heavy atom. The number of ether oxygens (including phenoxy) is 2. The Balaban J connectivity index is 1.74. The van der Waals surface area contributed by atoms with Gasteiger partial charge in [-0.2, -0.15) is 0 Å². The van der Waals surface area contributed by atoms with Crippen LogP contribution in [-0.2, 0) is 20.9 Å². The number of rotatable bonds is 6. The van der Waals surface area contributed by atoms with Crippen molar-refractivity contribution in [1.29, 1.82) is 0 Å². The fraction of sp³-hybridized carbons (Fsp3) is 0.190. The summed E-state index contributed by atoms with van der Waals surface area (Å²) >= 11 is 4.16. The summed E-state index contributed by atoms with van der Waals surface area (Å²) in [5, 5.41) is -0.534. The molecule has 9 heteroatoms. The van der Waals surface area contributed by atoms with Gasteiger partial charge in [0, 0.05) is 5.56 Å². The largest absolute Gasteiger partial charge is 0.488 e. The minimum Gasteiger partial charge on any atom is -0.488 e. The molecule has 156 valence electrons. The van der Waals surface area contributed by atoms with Crippen LogP contribution in [0, 0.1) is 5.82 Å². The number of carbonyl (C=O) groups is 3. The van der Waals surface area contributed by atoms with E-state index in [1.165, 1.54) is 20.1 Å². The molecule has 0 N–H and O–H groups in total. The predicted octanol–water partition coefficient (Wildman–Crippen LogP) is 4.77. The number of hydrogen-bond donors (Lipinski definition) is 0. The molecule has 1 aliphatic heterocycles. The minimum absolute atomic E-state index is 0.0644. The van der Waals surface area contributed by atoms with Crippen LogP contribution in [0.2, 0.25) is 0 Å². The molecule has 0 aliphatic carbocycles. The SMILES string of the molecule is COC(=O)[C@H](C)N1C(=O)S/C(=C/c2ccc(OCc3ccccc3F)c(Br)c2)C1=O. The summed E-state index contributed by atoms with van der Waals surface area (Å²) in [7, 11) is 1.20. The second kappa shape index (κ2) is 9.44. The highest BCUT2D eigenvalue weighted by molar-refractivity contribution is 9.10. The lowest BCUT2D eigenvalue weighted by molar-refractivity contribution is -0.148. The second-order valence-corrected chi connectivity index (χ2v) is 8.17. The van der Waals surface area contributed by atoms with Crippen LogP contribution in [0.1, 0.15) is 18.1 Å². The average molecular weight is 494 g/mol. The lowest BCUT2D eigenvalue weighted by atomic mass is 10.2. The molecule has 1 fully saturated rings. The molecule has 0 radical (unpaired) electrons. The van der Waals surface area contributed by atoms with E-state index in [-0.39, 0.29) is 17.3 Å². The van der Waals surface area contributed by atoms with Crippen molar-refractivity contribution in [2.45, 2.75) is 19.6 Å². The lowest BCUT2D eigenvalue weighted by Crippen LogP contribution is -2.42. The third kappa shape index (κ3) is 4.73. The van der Waals surface area contributed by atoms with E-state index >= 15 is 0 Å². The Bertz CT molecular complexity index is 1040. The summed E-state index contributed by atoms with van der Waals surface area (Å²) in [6.07, 6.45) is 1.56. The summed E-state index contributed by atoms with van der Waals surface area (Å²) in [6, 6.07) is 10.4. The molecule has 0 saturated carbocycles. The molecule has 1 saturated heterocycles. The van der Waals surface area contributed by atoms with Crippen molar-refractivity contribution in [3.63, 3.8) is 0 Å². The van der Waals surface area contributed by atoms with E-state index in [4.69, 9.17) is 4.74 Å². The molecule has 1 atom stereocenters. The van der Waals surface area contributed by atoms with Gasteiger partial charge in [-0.3, -0.25) is 14.5 Å². The van der Waals surface area contributed by atoms with Gasteiger partial charge < -0.3 is 9.47 Å². The maximum absolute atomic E-state index is 13.7. The second-order valence-electron chi connectivity index (χ2n) is 6.32. The Labute approximate surface area is 185 Å². The Kier molecular flexibility index (Phi) is 6.94. The number of hydrogen-bond acceptors (Lipinski definition) is 6. The van der Waals surface area contributed by atoms with Gasteiger partial charge in [0.1, 0.15) is 24.2 Å². The average Bonchev–Trinajstić information content (AvgIpc) is 3.00. The first-order valence-corrected chi connectivity index (χ1v) is 10.4. The molecule has 2 aromatic rings. The van der Waals surface area contributed by atoms with E-state index in [2.05, 4.69) is 20.7 Å². The van der Waals surface area contributed by atoms with Gasteiger partial charge in [0.15, 0.2) is 0 Å². The summed E-state index contributed by atoms with van der Waals surface area (Å²) < 4.78 is 24.6. The van der Waals surface area contributed by atoms with Crippen LogP contribution in [-0.4, -0.2) is 35.2 Å². The quantitative estimate of drug-likeness (QED) is 0.426. The van der Waals surface area contributed by atoms with Crippen molar-refractivity contribution >= 4 is 50.9 Å². The number of nitrogens with zero attached hydrogens (tertiary/aromatic N) is 1. The summed E-state index contributed by atoms with van der Waals surface area (Å²) in [4.78, 5) is 37.5. The third-order valence-corrected chi connectivity index (χ3v) is 5.85. The molecular formula is C21H17BrFNO5S. The van der Waals surface area contributed by atoms with E-state index < -0.39 is 23.2 Å². The Morgan fingerprint density at radius 3 is 2.67 bits per heavy atom. The van der Waals surface area contributed by atoms with E-state index in [1.807, 2.05) is 0 Å². The topological polar surface area (TPSA) is 72.9 Å². The van der Waals surface area contributed by atoms with E-state index in [0.717, 1.165) is 16.7 Å². The van der Waals surface area contributed by atoms with Crippen LogP contribution in [0.5, 0.6) is 5.75 Å². The number of thioether (sulfide) groups is 1. The number of benzene rings is 2. The van der Waals surface area contributed by atoms with E-state index in [1.54, 1.807) is 42.5 Å². The van der Waals surface area contributed by atoms with Crippen LogP contribution in [0.3, 0.4) is 0 Å². The van der Waals surface area contributed by atoms with E-state index in [0.29, 0.717) is 21.3 Å². The zero-order valence-electron chi connectivity index (χ0n) is 16.1. The standard InChI is InChI=1S/C21H17BrFNO5S/c1-12(20(26)28-2)24-19(25)18(30-21(24)27)10-13-7-8-17(15(22)9-13)29-11-14-5-3-4-6-16(14)23/h3-10,12H,11H2,1-2H3/b18-10+/t12-/m0/s1. The van der Waals surface area contributed by atoms with Gasteiger partial charge in [-0.25, -0.2) is 9.18 Å². The van der Waals surface area contributed by atoms with Crippen molar-refractivity contribution in [1.82, 2.24) is 4.90 Å². The molecule has 1 aliphatic rings. The zero-order valence-corrected chi connectivity index (χ0v) is 18.5. The number of halogens is 2. The highest BCUT2D eigenvalue weighted by atomic mass is 79.9. The molecule has 30 heavy (non-hydrogen) atoms. The zero-order chi connectivity index (χ0) is 21.8. The molecule has 3 rings (SSSR count). The van der Waals surface area contributed by atoms with Crippen LogP contribution >= 0.6 is 27.7 Å². The smallest absolute Gasteiger partial charge is 0.328 e. The first kappa shape index (κ1) is 22.0. The van der Waals surface area contributed by atoms with Gasteiger partial charge >= 0.3 is 5.97 Å². The number of esters is 1. The van der Waals surface area contributed by atoms with Crippen molar-refractivity contribution < 1.29 is 28.2 Å². The highest BCUT2D eigenvalue weighted by Gasteiger charge is 2.41. The van der Waals surface area contributed by atoms with Gasteiger partial charge in [0.2, 0.25) is 0 Å². The van der Waals surface area contributed by atoms with Crippen LogP contribution in [0.4, 0.5) is 9.18 Å². The summed E-state index contributed by atoms with van der Waals surface area (Å²) in [6.45, 7) is 1.50. The summed E-state index contributed by atoms with van der Waals surface area (Å²) in [5.41, 5.74) is 1.08. The molecule has 2 amide bonds. The molecule has 0 bridgehead atoms. The number of amides is 2. The van der Waals surface area contributed by atoms with Gasteiger partial charge in [-0.05, 0) is 64.5 Å². The lowest BCUT2D eigenvalue weighted by Gasteiger charge is -2.18. The first-order valence-electron chi connectivity index (χ1n) is 8.82. The maximum atomic E-state index is 13.7. The number of carbonyl (C=O) groups excluding carboxylic acids is 3. The molecule has 2 aromatic carbocycles. The molecule has 0 unspecified atom stereocenters. The first-order chi connectivity index (χ1) is 14.3. The van der Waals surface area contributed by atoms with Crippen LogP contribution in [0.25, 0.3) is 6.08 Å². The fourth-order valence-electron chi connectivity index (χ4n) is 2.74. The third-order valence-electron chi connectivity index (χ3n) is 4.35. The normalized spacial score (nSPS) is 16.1. The predicted molar refractivity (Wildman–Crippen MR) is 114 cm³/mol. The Morgan fingerprint density at radius 2 is 2.00 bits per heavy atom. The number of imide groups is 1. The van der Waals surface area contributed by atoms with Crippen molar-refractivity contribution in [3.05, 3.63) is 68.8 Å². The highest BCUT2D eigenvalue weighted by Crippen LogP contribution is 2.35. The van der Waals surface area contributed by atoms with Crippen LogP contribution in [0.15, 0.2) is 51.8 Å². The fourth-order valence-corrected chi connectivity index (χ4v) is 4.16. The molecule has 1 heterocycles. The molecule has 6 nitrogen and oxygen atoms in total. The monoisotopic (exact) mass is 493 g/mol. The van der Waals surface area contributed by atoms with Gasteiger partial charge in [-0.15, -0.1) is 0 Å². The van der Waals surface area contributed by atoms with Crippen molar-refractivity contribution in [2.75, 3.05) is 7.11 Å². The maximum Gasteiger partial charge on any atom is 0.328 e. The molecule has 0 aromatic heterocycles. The number of methoxy groups -OCH3 is 1.